The largest absolute Gasteiger partial charge is 0.573 e. The van der Waals surface area contributed by atoms with Crippen molar-refractivity contribution in [3.63, 3.8) is 0 Å². The van der Waals surface area contributed by atoms with E-state index in [2.05, 4.69) is 4.74 Å². The molecule has 2 aromatic carbocycles. The molecule has 0 radical (unpaired) electrons. The topological polar surface area (TPSA) is 44.8 Å². The minimum atomic E-state index is -4.83. The fourth-order valence-corrected chi connectivity index (χ4v) is 2.13. The number of hydrogen-bond acceptors (Lipinski definition) is 4. The number of fused-ring (bicyclic) bond motifs is 1. The zero-order valence-corrected chi connectivity index (χ0v) is 11.0. The molecule has 0 saturated heterocycles. The quantitative estimate of drug-likeness (QED) is 0.809. The minimum Gasteiger partial charge on any atom is -0.454 e. The Morgan fingerprint density at radius 1 is 1.00 bits per heavy atom. The third kappa shape index (κ3) is 2.98. The molecule has 0 atom stereocenters. The molecule has 7 heteroatoms. The fourth-order valence-electron chi connectivity index (χ4n) is 2.13. The van der Waals surface area contributed by atoms with Crippen LogP contribution in [0, 0.1) is 0 Å². The summed E-state index contributed by atoms with van der Waals surface area (Å²) >= 11 is 0. The van der Waals surface area contributed by atoms with E-state index in [-0.39, 0.29) is 12.4 Å². The molecule has 0 spiro atoms. The van der Waals surface area contributed by atoms with Crippen molar-refractivity contribution in [1.82, 2.24) is 0 Å². The number of carbonyl (C=O) groups excluding carboxylic acids is 1. The van der Waals surface area contributed by atoms with Crippen molar-refractivity contribution in [2.75, 3.05) is 6.79 Å². The van der Waals surface area contributed by atoms with Gasteiger partial charge in [-0.25, -0.2) is 0 Å². The first-order valence-corrected chi connectivity index (χ1v) is 6.21. The highest BCUT2D eigenvalue weighted by atomic mass is 19.4. The van der Waals surface area contributed by atoms with E-state index in [1.807, 2.05) is 0 Å². The van der Waals surface area contributed by atoms with E-state index in [1.165, 1.54) is 12.1 Å². The summed E-state index contributed by atoms with van der Waals surface area (Å²) in [5, 5.41) is 0. The summed E-state index contributed by atoms with van der Waals surface area (Å²) in [6, 6.07) is 8.64. The lowest BCUT2D eigenvalue weighted by Crippen LogP contribution is -2.17. The predicted molar refractivity (Wildman–Crippen MR) is 70.1 cm³/mol. The Kier molecular flexibility index (Phi) is 3.40. The molecule has 2 aromatic rings. The van der Waals surface area contributed by atoms with Crippen LogP contribution in [-0.2, 0) is 0 Å². The standard InChI is InChI=1S/C15H9F3O4/c16-15(17,18)22-12-4-9(7-19)3-11(5-12)10-1-2-13-14(6-10)21-8-20-13/h1-7H,8H2. The van der Waals surface area contributed by atoms with Crippen LogP contribution in [0.2, 0.25) is 0 Å². The molecule has 1 aliphatic rings. The van der Waals surface area contributed by atoms with E-state index in [4.69, 9.17) is 9.47 Å². The van der Waals surface area contributed by atoms with Crippen molar-refractivity contribution in [3.8, 4) is 28.4 Å². The van der Waals surface area contributed by atoms with Crippen molar-refractivity contribution in [2.45, 2.75) is 6.36 Å². The SMILES string of the molecule is O=Cc1cc(OC(F)(F)F)cc(-c2ccc3c(c2)OCO3)c1. The first-order chi connectivity index (χ1) is 10.4. The predicted octanol–water partition coefficient (Wildman–Crippen LogP) is 3.79. The molecule has 0 unspecified atom stereocenters. The van der Waals surface area contributed by atoms with Gasteiger partial charge in [0.2, 0.25) is 6.79 Å². The smallest absolute Gasteiger partial charge is 0.454 e. The van der Waals surface area contributed by atoms with Crippen LogP contribution < -0.4 is 14.2 Å². The molecule has 0 saturated carbocycles. The zero-order valence-electron chi connectivity index (χ0n) is 11.0. The van der Waals surface area contributed by atoms with E-state index in [0.717, 1.165) is 6.07 Å². The number of aldehydes is 1. The molecule has 0 N–H and O–H groups in total. The molecule has 0 bridgehead atoms. The molecule has 0 amide bonds. The summed E-state index contributed by atoms with van der Waals surface area (Å²) < 4.78 is 51.3. The summed E-state index contributed by atoms with van der Waals surface area (Å²) in [5.74, 6) is 0.596. The van der Waals surface area contributed by atoms with Gasteiger partial charge in [-0.2, -0.15) is 0 Å². The van der Waals surface area contributed by atoms with Crippen LogP contribution in [0.5, 0.6) is 17.2 Å². The summed E-state index contributed by atoms with van der Waals surface area (Å²) in [6.45, 7) is 0.0929. The average Bonchev–Trinajstić information content (AvgIpc) is 2.92. The van der Waals surface area contributed by atoms with Crippen molar-refractivity contribution in [1.29, 1.82) is 0 Å². The van der Waals surface area contributed by atoms with Crippen LogP contribution in [0.4, 0.5) is 13.2 Å². The van der Waals surface area contributed by atoms with Gasteiger partial charge in [0.05, 0.1) is 0 Å². The van der Waals surface area contributed by atoms with E-state index < -0.39 is 12.1 Å². The van der Waals surface area contributed by atoms with Gasteiger partial charge in [0.15, 0.2) is 11.5 Å². The van der Waals surface area contributed by atoms with Crippen LogP contribution in [0.1, 0.15) is 10.4 Å². The van der Waals surface area contributed by atoms with E-state index in [1.54, 1.807) is 18.2 Å². The number of alkyl halides is 3. The van der Waals surface area contributed by atoms with Gasteiger partial charge >= 0.3 is 6.36 Å². The Hall–Kier alpha value is -2.70. The Morgan fingerprint density at radius 3 is 2.50 bits per heavy atom. The Balaban J connectivity index is 2.02. The molecule has 1 heterocycles. The third-order valence-corrected chi connectivity index (χ3v) is 3.00. The van der Waals surface area contributed by atoms with E-state index >= 15 is 0 Å². The monoisotopic (exact) mass is 310 g/mol. The molecular formula is C15H9F3O4. The first-order valence-electron chi connectivity index (χ1n) is 6.21. The second-order valence-corrected chi connectivity index (χ2v) is 4.52. The van der Waals surface area contributed by atoms with Gasteiger partial charge in [0, 0.05) is 5.56 Å². The first kappa shape index (κ1) is 14.2. The molecule has 0 fully saturated rings. The molecular weight excluding hydrogens is 301 g/mol. The zero-order chi connectivity index (χ0) is 15.7. The third-order valence-electron chi connectivity index (χ3n) is 3.00. The highest BCUT2D eigenvalue weighted by molar-refractivity contribution is 5.81. The molecule has 22 heavy (non-hydrogen) atoms. The molecule has 4 nitrogen and oxygen atoms in total. The summed E-state index contributed by atoms with van der Waals surface area (Å²) in [7, 11) is 0. The molecule has 0 aromatic heterocycles. The lowest BCUT2D eigenvalue weighted by molar-refractivity contribution is -0.274. The van der Waals surface area contributed by atoms with Crippen molar-refractivity contribution in [3.05, 3.63) is 42.0 Å². The van der Waals surface area contributed by atoms with Crippen LogP contribution in [0.3, 0.4) is 0 Å². The van der Waals surface area contributed by atoms with Gasteiger partial charge in [-0.05, 0) is 41.5 Å². The van der Waals surface area contributed by atoms with Gasteiger partial charge in [-0.15, -0.1) is 13.2 Å². The fraction of sp³-hybridized carbons (Fsp3) is 0.133. The average molecular weight is 310 g/mol. The van der Waals surface area contributed by atoms with Crippen molar-refractivity contribution < 1.29 is 32.2 Å². The van der Waals surface area contributed by atoms with Gasteiger partial charge in [0.25, 0.3) is 0 Å². The maximum absolute atomic E-state index is 12.3. The summed E-state index contributed by atoms with van der Waals surface area (Å²) in [4.78, 5) is 10.9. The molecule has 114 valence electrons. The number of hydrogen-bond donors (Lipinski definition) is 0. The number of rotatable bonds is 3. The van der Waals surface area contributed by atoms with Gasteiger partial charge < -0.3 is 14.2 Å². The Labute approximate surface area is 123 Å². The molecule has 0 aliphatic carbocycles. The van der Waals surface area contributed by atoms with Crippen molar-refractivity contribution in [2.24, 2.45) is 0 Å². The maximum Gasteiger partial charge on any atom is 0.573 e. The second-order valence-electron chi connectivity index (χ2n) is 4.52. The summed E-state index contributed by atoms with van der Waals surface area (Å²) in [6.07, 6.45) is -4.37. The lowest BCUT2D eigenvalue weighted by Gasteiger charge is -2.11. The highest BCUT2D eigenvalue weighted by Gasteiger charge is 2.31. The molecule has 1 aliphatic heterocycles. The van der Waals surface area contributed by atoms with Crippen LogP contribution in [0.25, 0.3) is 11.1 Å². The van der Waals surface area contributed by atoms with Gasteiger partial charge in [0.1, 0.15) is 12.0 Å². The highest BCUT2D eigenvalue weighted by Crippen LogP contribution is 2.37. The molecule has 3 rings (SSSR count). The van der Waals surface area contributed by atoms with Crippen molar-refractivity contribution >= 4 is 6.29 Å². The number of halogens is 3. The normalized spacial score (nSPS) is 13.0. The Morgan fingerprint density at radius 2 is 1.77 bits per heavy atom. The summed E-state index contributed by atoms with van der Waals surface area (Å²) in [5.41, 5.74) is 1.07. The lowest BCUT2D eigenvalue weighted by atomic mass is 10.0. The minimum absolute atomic E-state index is 0.0782. The Bertz CT molecular complexity index is 725. The number of ether oxygens (including phenoxy) is 3. The van der Waals surface area contributed by atoms with Crippen LogP contribution in [0.15, 0.2) is 36.4 Å². The van der Waals surface area contributed by atoms with Gasteiger partial charge in [-0.3, -0.25) is 4.79 Å². The second kappa shape index (κ2) is 5.25. The van der Waals surface area contributed by atoms with E-state index in [0.29, 0.717) is 28.9 Å². The van der Waals surface area contributed by atoms with E-state index in [9.17, 15) is 18.0 Å². The van der Waals surface area contributed by atoms with Gasteiger partial charge in [-0.1, -0.05) is 6.07 Å². The number of carbonyl (C=O) groups is 1. The van der Waals surface area contributed by atoms with Crippen LogP contribution in [-0.4, -0.2) is 19.4 Å². The van der Waals surface area contributed by atoms with Crippen LogP contribution >= 0.6 is 0 Å². The number of benzene rings is 2. The maximum atomic E-state index is 12.3.